The summed E-state index contributed by atoms with van der Waals surface area (Å²) in [5.74, 6) is 4.13. The van der Waals surface area contributed by atoms with Gasteiger partial charge in [-0.2, -0.15) is 9.61 Å². The Balaban J connectivity index is 1.57. The average Bonchev–Trinajstić information content (AvgIpc) is 3.21. The summed E-state index contributed by atoms with van der Waals surface area (Å²) >= 11 is 0. The molecule has 1 saturated carbocycles. The number of hydrogen-bond donors (Lipinski definition) is 1. The van der Waals surface area contributed by atoms with Gasteiger partial charge in [-0.15, -0.1) is 12.3 Å². The predicted octanol–water partition coefficient (Wildman–Crippen LogP) is 3.62. The fourth-order valence-electron chi connectivity index (χ4n) is 4.59. The van der Waals surface area contributed by atoms with Crippen LogP contribution in [0.3, 0.4) is 0 Å². The minimum atomic E-state index is 0.295. The molecule has 146 valence electrons. The van der Waals surface area contributed by atoms with Gasteiger partial charge in [0.05, 0.1) is 11.7 Å². The van der Waals surface area contributed by atoms with Crippen LogP contribution in [-0.4, -0.2) is 27.4 Å². The zero-order valence-corrected chi connectivity index (χ0v) is 16.8. The fourth-order valence-corrected chi connectivity index (χ4v) is 4.59. The summed E-state index contributed by atoms with van der Waals surface area (Å²) in [7, 11) is 6.40. The van der Waals surface area contributed by atoms with Crippen molar-refractivity contribution in [1.82, 2.24) is 19.6 Å². The van der Waals surface area contributed by atoms with Gasteiger partial charge in [0.25, 0.3) is 0 Å². The van der Waals surface area contributed by atoms with E-state index in [1.165, 1.54) is 0 Å². The van der Waals surface area contributed by atoms with Crippen molar-refractivity contribution in [1.29, 1.82) is 0 Å². The molecule has 1 aromatic carbocycles. The molecular formula is C24H22BN5. The first-order valence-electron chi connectivity index (χ1n) is 10.4. The number of fused-ring (bicyclic) bond motifs is 2. The topological polar surface area (TPSA) is 69.1 Å². The molecule has 0 saturated heterocycles. The lowest BCUT2D eigenvalue weighted by atomic mass is 9.76. The minimum Gasteiger partial charge on any atom is -0.384 e. The van der Waals surface area contributed by atoms with Crippen LogP contribution in [0.5, 0.6) is 0 Å². The SMILES string of the molecule is [B]c1c(C2CCC(CC#C)CC2)nc2c(-c3cnc4ccccc4c3)cnn2c1N. The van der Waals surface area contributed by atoms with Gasteiger partial charge in [-0.05, 0) is 49.2 Å². The van der Waals surface area contributed by atoms with Crippen molar-refractivity contribution < 1.29 is 0 Å². The van der Waals surface area contributed by atoms with Gasteiger partial charge >= 0.3 is 0 Å². The molecule has 0 bridgehead atoms. The molecular weight excluding hydrogens is 369 g/mol. The molecule has 2 radical (unpaired) electrons. The summed E-state index contributed by atoms with van der Waals surface area (Å²) in [6.45, 7) is 0. The number of hydrogen-bond acceptors (Lipinski definition) is 4. The van der Waals surface area contributed by atoms with Crippen LogP contribution < -0.4 is 11.2 Å². The van der Waals surface area contributed by atoms with Crippen LogP contribution in [-0.2, 0) is 0 Å². The Morgan fingerprint density at radius 3 is 2.77 bits per heavy atom. The largest absolute Gasteiger partial charge is 0.384 e. The van der Waals surface area contributed by atoms with Crippen molar-refractivity contribution in [3.63, 3.8) is 0 Å². The Kier molecular flexibility index (Phi) is 4.67. The molecule has 1 fully saturated rings. The van der Waals surface area contributed by atoms with Crippen LogP contribution in [0.2, 0.25) is 0 Å². The third-order valence-electron chi connectivity index (χ3n) is 6.29. The number of benzene rings is 1. The monoisotopic (exact) mass is 391 g/mol. The molecule has 0 aliphatic heterocycles. The first kappa shape index (κ1) is 18.7. The highest BCUT2D eigenvalue weighted by Gasteiger charge is 2.26. The van der Waals surface area contributed by atoms with Gasteiger partial charge in [-0.3, -0.25) is 4.98 Å². The van der Waals surface area contributed by atoms with E-state index in [4.69, 9.17) is 25.0 Å². The van der Waals surface area contributed by atoms with Crippen LogP contribution in [0.1, 0.15) is 43.7 Å². The Bertz CT molecular complexity index is 1280. The van der Waals surface area contributed by atoms with E-state index in [0.717, 1.165) is 65.5 Å². The van der Waals surface area contributed by atoms with Gasteiger partial charge in [-0.1, -0.05) is 18.2 Å². The van der Waals surface area contributed by atoms with Crippen LogP contribution in [0, 0.1) is 18.3 Å². The Hall–Kier alpha value is -3.33. The zero-order chi connectivity index (χ0) is 20.7. The minimum absolute atomic E-state index is 0.295. The van der Waals surface area contributed by atoms with E-state index < -0.39 is 0 Å². The Morgan fingerprint density at radius 1 is 1.17 bits per heavy atom. The molecule has 30 heavy (non-hydrogen) atoms. The highest BCUT2D eigenvalue weighted by molar-refractivity contribution is 6.36. The van der Waals surface area contributed by atoms with Crippen molar-refractivity contribution >= 4 is 35.7 Å². The predicted molar refractivity (Wildman–Crippen MR) is 122 cm³/mol. The molecule has 0 unspecified atom stereocenters. The first-order valence-corrected chi connectivity index (χ1v) is 10.4. The van der Waals surface area contributed by atoms with Gasteiger partial charge < -0.3 is 5.73 Å². The second kappa shape index (κ2) is 7.49. The molecule has 5 rings (SSSR count). The van der Waals surface area contributed by atoms with Crippen LogP contribution >= 0.6 is 0 Å². The Morgan fingerprint density at radius 2 is 1.97 bits per heavy atom. The van der Waals surface area contributed by atoms with Crippen LogP contribution in [0.25, 0.3) is 27.7 Å². The van der Waals surface area contributed by atoms with Gasteiger partial charge in [0.2, 0.25) is 0 Å². The summed E-state index contributed by atoms with van der Waals surface area (Å²) in [5, 5.41) is 5.53. The number of rotatable bonds is 3. The summed E-state index contributed by atoms with van der Waals surface area (Å²) < 4.78 is 1.63. The van der Waals surface area contributed by atoms with E-state index in [1.807, 2.05) is 24.4 Å². The van der Waals surface area contributed by atoms with E-state index in [9.17, 15) is 0 Å². The van der Waals surface area contributed by atoms with E-state index in [0.29, 0.717) is 23.1 Å². The van der Waals surface area contributed by atoms with Crippen molar-refractivity contribution in [2.75, 3.05) is 5.73 Å². The molecule has 2 N–H and O–H groups in total. The fraction of sp³-hybridized carbons (Fsp3) is 0.292. The van der Waals surface area contributed by atoms with E-state index >= 15 is 0 Å². The first-order chi connectivity index (χ1) is 14.7. The molecule has 5 nitrogen and oxygen atoms in total. The van der Waals surface area contributed by atoms with Crippen molar-refractivity contribution in [2.24, 2.45) is 5.92 Å². The summed E-state index contributed by atoms with van der Waals surface area (Å²) in [6.07, 6.45) is 14.2. The van der Waals surface area contributed by atoms with Crippen molar-refractivity contribution in [3.8, 4) is 23.5 Å². The lowest BCUT2D eigenvalue weighted by molar-refractivity contribution is 0.329. The van der Waals surface area contributed by atoms with Gasteiger partial charge in [0.15, 0.2) is 5.65 Å². The molecule has 0 spiro atoms. The third-order valence-corrected chi connectivity index (χ3v) is 6.29. The summed E-state index contributed by atoms with van der Waals surface area (Å²) in [4.78, 5) is 9.56. The number of nitrogen functional groups attached to an aromatic ring is 1. The van der Waals surface area contributed by atoms with E-state index in [1.54, 1.807) is 10.7 Å². The lowest BCUT2D eigenvalue weighted by Crippen LogP contribution is -2.26. The quantitative estimate of drug-likeness (QED) is 0.428. The number of nitrogens with two attached hydrogens (primary N) is 1. The van der Waals surface area contributed by atoms with Crippen LogP contribution in [0.4, 0.5) is 5.82 Å². The average molecular weight is 391 g/mol. The maximum Gasteiger partial charge on any atom is 0.165 e. The van der Waals surface area contributed by atoms with Gasteiger partial charge in [-0.25, -0.2) is 4.98 Å². The zero-order valence-electron chi connectivity index (χ0n) is 16.8. The van der Waals surface area contributed by atoms with Crippen molar-refractivity contribution in [2.45, 2.75) is 38.0 Å². The Labute approximate surface area is 177 Å². The van der Waals surface area contributed by atoms with Crippen molar-refractivity contribution in [3.05, 3.63) is 48.4 Å². The highest BCUT2D eigenvalue weighted by Crippen LogP contribution is 2.37. The third kappa shape index (κ3) is 3.11. The maximum absolute atomic E-state index is 6.40. The maximum atomic E-state index is 6.40. The number of aromatic nitrogens is 4. The lowest BCUT2D eigenvalue weighted by Gasteiger charge is -2.28. The van der Waals surface area contributed by atoms with E-state index in [2.05, 4.69) is 28.1 Å². The summed E-state index contributed by atoms with van der Waals surface area (Å²) in [5.41, 5.74) is 11.3. The van der Waals surface area contributed by atoms with Gasteiger partial charge in [0, 0.05) is 40.7 Å². The molecule has 6 heteroatoms. The second-order valence-electron chi connectivity index (χ2n) is 8.13. The summed E-state index contributed by atoms with van der Waals surface area (Å²) in [6, 6.07) is 10.2. The number of pyridine rings is 1. The van der Waals surface area contributed by atoms with Gasteiger partial charge in [0.1, 0.15) is 13.7 Å². The molecule has 1 aliphatic rings. The number of terminal acetylenes is 1. The number of para-hydroxylation sites is 1. The number of nitrogens with zero attached hydrogens (tertiary/aromatic N) is 4. The molecule has 4 aromatic rings. The van der Waals surface area contributed by atoms with Crippen LogP contribution in [0.15, 0.2) is 42.7 Å². The molecule has 3 heterocycles. The molecule has 0 atom stereocenters. The standard InChI is InChI=1S/C24H22BN5/c1-2-5-15-8-10-16(11-9-15)22-21(25)23(26)30-24(29-22)19(14-28-30)18-12-17-6-3-4-7-20(17)27-13-18/h1,3-4,6-7,12-16H,5,8-11,26H2. The normalized spacial score (nSPS) is 19.2. The number of anilines is 1. The molecule has 0 amide bonds. The second-order valence-corrected chi connectivity index (χ2v) is 8.13. The highest BCUT2D eigenvalue weighted by atomic mass is 15.3. The molecule has 3 aromatic heterocycles. The van der Waals surface area contributed by atoms with E-state index in [-0.39, 0.29) is 0 Å². The molecule has 1 aliphatic carbocycles. The smallest absolute Gasteiger partial charge is 0.165 e.